The van der Waals surface area contributed by atoms with Gasteiger partial charge in [0.05, 0.1) is 0 Å². The molecule has 1 aliphatic carbocycles. The number of hydrogen-bond acceptors (Lipinski definition) is 3. The van der Waals surface area contributed by atoms with Crippen LogP contribution < -0.4 is 5.32 Å². The SMILES string of the molecule is CCSCCCN1CCC(=O)NC2(CCCCC2)C1=O. The van der Waals surface area contributed by atoms with Gasteiger partial charge in [-0.3, -0.25) is 9.59 Å². The molecule has 0 bridgehead atoms. The molecule has 1 saturated heterocycles. The highest BCUT2D eigenvalue weighted by molar-refractivity contribution is 7.99. The molecule has 1 heterocycles. The molecular formula is C15H26N2O2S. The Morgan fingerprint density at radius 3 is 2.70 bits per heavy atom. The van der Waals surface area contributed by atoms with Gasteiger partial charge in [0.2, 0.25) is 11.8 Å². The zero-order chi connectivity index (χ0) is 14.4. The summed E-state index contributed by atoms with van der Waals surface area (Å²) in [5.74, 6) is 2.43. The van der Waals surface area contributed by atoms with E-state index in [4.69, 9.17) is 0 Å². The van der Waals surface area contributed by atoms with Crippen LogP contribution in [-0.2, 0) is 9.59 Å². The number of carbonyl (C=O) groups is 2. The number of hydrogen-bond donors (Lipinski definition) is 1. The van der Waals surface area contributed by atoms with Gasteiger partial charge in [0.1, 0.15) is 5.54 Å². The Bertz CT molecular complexity index is 354. The minimum Gasteiger partial charge on any atom is -0.342 e. The first-order valence-electron chi connectivity index (χ1n) is 7.86. The van der Waals surface area contributed by atoms with Crippen LogP contribution in [0.3, 0.4) is 0 Å². The molecule has 2 fully saturated rings. The summed E-state index contributed by atoms with van der Waals surface area (Å²) in [6.45, 7) is 3.53. The van der Waals surface area contributed by atoms with Crippen LogP contribution >= 0.6 is 11.8 Å². The molecule has 20 heavy (non-hydrogen) atoms. The molecule has 0 atom stereocenters. The van der Waals surface area contributed by atoms with E-state index in [1.54, 1.807) is 0 Å². The Balaban J connectivity index is 2.00. The number of thioether (sulfide) groups is 1. The van der Waals surface area contributed by atoms with Gasteiger partial charge in [-0.2, -0.15) is 11.8 Å². The summed E-state index contributed by atoms with van der Waals surface area (Å²) < 4.78 is 0. The van der Waals surface area contributed by atoms with Crippen molar-refractivity contribution in [3.05, 3.63) is 0 Å². The van der Waals surface area contributed by atoms with Gasteiger partial charge in [0.15, 0.2) is 0 Å². The lowest BCUT2D eigenvalue weighted by Gasteiger charge is -2.38. The minimum atomic E-state index is -0.580. The van der Waals surface area contributed by atoms with E-state index in [-0.39, 0.29) is 11.8 Å². The van der Waals surface area contributed by atoms with Crippen LogP contribution in [0, 0.1) is 0 Å². The van der Waals surface area contributed by atoms with E-state index in [9.17, 15) is 9.59 Å². The summed E-state index contributed by atoms with van der Waals surface area (Å²) in [6, 6.07) is 0. The number of amides is 2. The number of nitrogens with one attached hydrogen (secondary N) is 1. The maximum Gasteiger partial charge on any atom is 0.248 e. The van der Waals surface area contributed by atoms with Crippen molar-refractivity contribution in [2.75, 3.05) is 24.6 Å². The van der Waals surface area contributed by atoms with E-state index in [1.807, 2.05) is 16.7 Å². The summed E-state index contributed by atoms with van der Waals surface area (Å²) in [7, 11) is 0. The molecule has 4 nitrogen and oxygen atoms in total. The van der Waals surface area contributed by atoms with Crippen molar-refractivity contribution in [1.29, 1.82) is 0 Å². The highest BCUT2D eigenvalue weighted by atomic mass is 32.2. The third-order valence-electron chi connectivity index (χ3n) is 4.31. The molecular weight excluding hydrogens is 272 g/mol. The van der Waals surface area contributed by atoms with Crippen molar-refractivity contribution in [2.45, 2.75) is 57.4 Å². The van der Waals surface area contributed by atoms with Crippen molar-refractivity contribution >= 4 is 23.6 Å². The Kier molecular flexibility index (Phi) is 5.75. The Labute approximate surface area is 126 Å². The van der Waals surface area contributed by atoms with Gasteiger partial charge in [-0.1, -0.05) is 26.2 Å². The standard InChI is InChI=1S/C15H26N2O2S/c1-2-20-12-6-10-17-11-7-13(18)16-15(14(17)19)8-4-3-5-9-15/h2-12H2,1H3,(H,16,18). The third-order valence-corrected chi connectivity index (χ3v) is 5.30. The first kappa shape index (κ1) is 15.7. The molecule has 0 radical (unpaired) electrons. The largest absolute Gasteiger partial charge is 0.342 e. The molecule has 0 aromatic rings. The minimum absolute atomic E-state index is 0.0469. The molecule has 114 valence electrons. The van der Waals surface area contributed by atoms with Gasteiger partial charge in [0, 0.05) is 19.5 Å². The van der Waals surface area contributed by atoms with Gasteiger partial charge >= 0.3 is 0 Å². The number of carbonyl (C=O) groups excluding carboxylic acids is 2. The zero-order valence-electron chi connectivity index (χ0n) is 12.5. The van der Waals surface area contributed by atoms with E-state index in [1.165, 1.54) is 6.42 Å². The second-order valence-electron chi connectivity index (χ2n) is 5.78. The Morgan fingerprint density at radius 2 is 2.00 bits per heavy atom. The number of nitrogens with zero attached hydrogens (tertiary/aromatic N) is 1. The molecule has 1 N–H and O–H groups in total. The van der Waals surface area contributed by atoms with Gasteiger partial charge in [-0.15, -0.1) is 0 Å². The van der Waals surface area contributed by atoms with E-state index in [2.05, 4.69) is 12.2 Å². The average Bonchev–Trinajstić information content (AvgIpc) is 2.56. The fourth-order valence-corrected chi connectivity index (χ4v) is 3.85. The smallest absolute Gasteiger partial charge is 0.248 e. The lowest BCUT2D eigenvalue weighted by atomic mass is 9.80. The summed E-state index contributed by atoms with van der Waals surface area (Å²) in [5.41, 5.74) is -0.580. The summed E-state index contributed by atoms with van der Waals surface area (Å²) in [4.78, 5) is 26.7. The zero-order valence-corrected chi connectivity index (χ0v) is 13.3. The van der Waals surface area contributed by atoms with Crippen LogP contribution in [0.25, 0.3) is 0 Å². The predicted molar refractivity (Wildman–Crippen MR) is 82.8 cm³/mol. The summed E-state index contributed by atoms with van der Waals surface area (Å²) >= 11 is 1.91. The topological polar surface area (TPSA) is 49.4 Å². The van der Waals surface area contributed by atoms with Crippen LogP contribution in [0.5, 0.6) is 0 Å². The van der Waals surface area contributed by atoms with Gasteiger partial charge in [-0.05, 0) is 30.8 Å². The van der Waals surface area contributed by atoms with E-state index >= 15 is 0 Å². The van der Waals surface area contributed by atoms with Gasteiger partial charge in [-0.25, -0.2) is 0 Å². The maximum absolute atomic E-state index is 12.8. The quantitative estimate of drug-likeness (QED) is 0.792. The Morgan fingerprint density at radius 1 is 1.25 bits per heavy atom. The molecule has 5 heteroatoms. The molecule has 2 aliphatic rings. The van der Waals surface area contributed by atoms with Crippen LogP contribution in [0.1, 0.15) is 51.9 Å². The van der Waals surface area contributed by atoms with Crippen LogP contribution in [0.15, 0.2) is 0 Å². The molecule has 0 unspecified atom stereocenters. The maximum atomic E-state index is 12.8. The van der Waals surface area contributed by atoms with E-state index in [0.717, 1.165) is 50.2 Å². The van der Waals surface area contributed by atoms with E-state index in [0.29, 0.717) is 13.0 Å². The van der Waals surface area contributed by atoms with Crippen molar-refractivity contribution < 1.29 is 9.59 Å². The van der Waals surface area contributed by atoms with Gasteiger partial charge in [0.25, 0.3) is 0 Å². The van der Waals surface area contributed by atoms with Crippen LogP contribution in [-0.4, -0.2) is 46.8 Å². The first-order chi connectivity index (χ1) is 9.68. The predicted octanol–water partition coefficient (Wildman–Crippen LogP) is 2.18. The molecule has 1 saturated carbocycles. The average molecular weight is 298 g/mol. The van der Waals surface area contributed by atoms with Crippen LogP contribution in [0.2, 0.25) is 0 Å². The van der Waals surface area contributed by atoms with Crippen molar-refractivity contribution in [2.24, 2.45) is 0 Å². The Hall–Kier alpha value is -0.710. The molecule has 1 aliphatic heterocycles. The third kappa shape index (κ3) is 3.68. The second kappa shape index (κ2) is 7.34. The van der Waals surface area contributed by atoms with Crippen LogP contribution in [0.4, 0.5) is 0 Å². The fraction of sp³-hybridized carbons (Fsp3) is 0.867. The highest BCUT2D eigenvalue weighted by Crippen LogP contribution is 2.31. The molecule has 0 aromatic carbocycles. The van der Waals surface area contributed by atoms with Crippen molar-refractivity contribution in [3.8, 4) is 0 Å². The van der Waals surface area contributed by atoms with E-state index < -0.39 is 5.54 Å². The molecule has 1 spiro atoms. The van der Waals surface area contributed by atoms with Gasteiger partial charge < -0.3 is 10.2 Å². The molecule has 0 aromatic heterocycles. The van der Waals surface area contributed by atoms with Crippen molar-refractivity contribution in [3.63, 3.8) is 0 Å². The monoisotopic (exact) mass is 298 g/mol. The molecule has 2 amide bonds. The summed E-state index contributed by atoms with van der Waals surface area (Å²) in [5, 5.41) is 3.04. The lowest BCUT2D eigenvalue weighted by Crippen LogP contribution is -2.58. The number of rotatable bonds is 5. The molecule has 2 rings (SSSR count). The second-order valence-corrected chi connectivity index (χ2v) is 7.18. The normalized spacial score (nSPS) is 22.8. The first-order valence-corrected chi connectivity index (χ1v) is 9.01. The summed E-state index contributed by atoms with van der Waals surface area (Å²) in [6.07, 6.45) is 6.38. The lowest BCUT2D eigenvalue weighted by molar-refractivity contribution is -0.140. The highest BCUT2D eigenvalue weighted by Gasteiger charge is 2.44. The van der Waals surface area contributed by atoms with Crippen molar-refractivity contribution in [1.82, 2.24) is 10.2 Å². The fourth-order valence-electron chi connectivity index (χ4n) is 3.23.